The number of carbonyl (C=O) groups is 5. The third-order valence-corrected chi connectivity index (χ3v) is 6.32. The average Bonchev–Trinajstić information content (AvgIpc) is 3.24. The lowest BCUT2D eigenvalue weighted by molar-refractivity contribution is -0.120. The zero-order valence-electron chi connectivity index (χ0n) is 18.2. The van der Waals surface area contributed by atoms with Gasteiger partial charge in [-0.05, 0) is 49.6 Å². The number of amides is 5. The molecule has 0 saturated carbocycles. The van der Waals surface area contributed by atoms with Gasteiger partial charge in [0.05, 0.1) is 22.5 Å². The molecule has 0 bridgehead atoms. The number of benzene rings is 2. The van der Waals surface area contributed by atoms with Crippen LogP contribution in [0.25, 0.3) is 0 Å². The second-order valence-corrected chi connectivity index (χ2v) is 8.55. The Balaban J connectivity index is 1.24. The lowest BCUT2D eigenvalue weighted by Gasteiger charge is -2.20. The van der Waals surface area contributed by atoms with Gasteiger partial charge in [-0.3, -0.25) is 24.0 Å². The second-order valence-electron chi connectivity index (χ2n) is 8.55. The Morgan fingerprint density at radius 1 is 0.971 bits per heavy atom. The monoisotopic (exact) mass is 461 g/mol. The minimum Gasteiger partial charge on any atom is -0.340 e. The quantitative estimate of drug-likeness (QED) is 0.550. The molecule has 3 aliphatic heterocycles. The van der Waals surface area contributed by atoms with Crippen molar-refractivity contribution < 1.29 is 24.0 Å². The third kappa shape index (κ3) is 3.98. The molecule has 1 fully saturated rings. The molecule has 174 valence electrons. The maximum atomic E-state index is 13.0. The van der Waals surface area contributed by atoms with Crippen LogP contribution in [0.3, 0.4) is 0 Å². The van der Waals surface area contributed by atoms with E-state index in [4.69, 9.17) is 0 Å². The van der Waals surface area contributed by atoms with Gasteiger partial charge in [0.15, 0.2) is 0 Å². The Hall–Kier alpha value is -4.21. The minimum absolute atomic E-state index is 0.0231. The van der Waals surface area contributed by atoms with Crippen molar-refractivity contribution in [3.8, 4) is 0 Å². The molecule has 1 saturated heterocycles. The largest absolute Gasteiger partial charge is 0.340 e. The van der Waals surface area contributed by atoms with E-state index in [1.54, 1.807) is 47.4 Å². The first-order valence-electron chi connectivity index (χ1n) is 11.2. The van der Waals surface area contributed by atoms with Crippen molar-refractivity contribution >= 4 is 46.6 Å². The number of fused-ring (bicyclic) bond motifs is 3. The summed E-state index contributed by atoms with van der Waals surface area (Å²) < 4.78 is 0. The summed E-state index contributed by atoms with van der Waals surface area (Å²) >= 11 is 0. The zero-order chi connectivity index (χ0) is 23.8. The summed E-state index contributed by atoms with van der Waals surface area (Å²) in [5.41, 5.74) is 1.94. The van der Waals surface area contributed by atoms with Crippen molar-refractivity contribution in [2.24, 2.45) is 0 Å². The van der Waals surface area contributed by atoms with Crippen LogP contribution in [0.15, 0.2) is 42.5 Å². The Morgan fingerprint density at radius 3 is 2.59 bits per heavy atom. The van der Waals surface area contributed by atoms with Gasteiger partial charge in [-0.2, -0.15) is 0 Å². The SMILES string of the molecule is O=C(CCC1NC(=O)c2ccccc2NC1=O)Nc1ccc2c(c1)C(=O)N1CCC[C@H]1C(=O)N2. The van der Waals surface area contributed by atoms with Gasteiger partial charge < -0.3 is 26.2 Å². The molecule has 10 nitrogen and oxygen atoms in total. The Labute approximate surface area is 195 Å². The lowest BCUT2D eigenvalue weighted by atomic mass is 10.1. The van der Waals surface area contributed by atoms with Crippen molar-refractivity contribution in [3.63, 3.8) is 0 Å². The van der Waals surface area contributed by atoms with Gasteiger partial charge in [0.1, 0.15) is 12.1 Å². The average molecular weight is 461 g/mol. The summed E-state index contributed by atoms with van der Waals surface area (Å²) in [5, 5.41) is 10.9. The number of nitrogens with zero attached hydrogens (tertiary/aromatic N) is 1. The van der Waals surface area contributed by atoms with Crippen LogP contribution < -0.4 is 21.3 Å². The molecule has 4 N–H and O–H groups in total. The predicted octanol–water partition coefficient (Wildman–Crippen LogP) is 1.71. The Bertz CT molecular complexity index is 1230. The molecule has 2 aromatic carbocycles. The van der Waals surface area contributed by atoms with E-state index in [0.29, 0.717) is 41.2 Å². The van der Waals surface area contributed by atoms with Crippen LogP contribution in [0.1, 0.15) is 46.4 Å². The van der Waals surface area contributed by atoms with Crippen LogP contribution in [0.2, 0.25) is 0 Å². The Morgan fingerprint density at radius 2 is 1.74 bits per heavy atom. The first-order chi connectivity index (χ1) is 16.4. The fourth-order valence-electron chi connectivity index (χ4n) is 4.57. The predicted molar refractivity (Wildman–Crippen MR) is 123 cm³/mol. The number of anilines is 3. The van der Waals surface area contributed by atoms with Crippen molar-refractivity contribution in [1.82, 2.24) is 10.2 Å². The molecule has 2 atom stereocenters. The van der Waals surface area contributed by atoms with E-state index < -0.39 is 18.0 Å². The molecule has 0 radical (unpaired) electrons. The van der Waals surface area contributed by atoms with Gasteiger partial charge >= 0.3 is 0 Å². The summed E-state index contributed by atoms with van der Waals surface area (Å²) in [6.07, 6.45) is 1.48. The molecule has 0 aromatic heterocycles. The summed E-state index contributed by atoms with van der Waals surface area (Å²) in [7, 11) is 0. The lowest BCUT2D eigenvalue weighted by Crippen LogP contribution is -2.41. The number of hydrogen-bond donors (Lipinski definition) is 4. The number of hydrogen-bond acceptors (Lipinski definition) is 5. The van der Waals surface area contributed by atoms with Gasteiger partial charge in [0.25, 0.3) is 11.8 Å². The highest BCUT2D eigenvalue weighted by Crippen LogP contribution is 2.30. The zero-order valence-corrected chi connectivity index (χ0v) is 18.2. The summed E-state index contributed by atoms with van der Waals surface area (Å²) in [5.74, 6) is -1.59. The first-order valence-corrected chi connectivity index (χ1v) is 11.2. The third-order valence-electron chi connectivity index (χ3n) is 6.32. The molecule has 2 aromatic rings. The number of rotatable bonds is 4. The summed E-state index contributed by atoms with van der Waals surface area (Å²) in [6, 6.07) is 10.1. The van der Waals surface area contributed by atoms with Crippen LogP contribution in [0.5, 0.6) is 0 Å². The van der Waals surface area contributed by atoms with E-state index in [0.717, 1.165) is 6.42 Å². The van der Waals surface area contributed by atoms with Gasteiger partial charge in [-0.25, -0.2) is 0 Å². The number of carbonyl (C=O) groups excluding carboxylic acids is 5. The molecular formula is C24H23N5O5. The van der Waals surface area contributed by atoms with Gasteiger partial charge in [0, 0.05) is 18.7 Å². The molecule has 5 amide bonds. The molecule has 10 heteroatoms. The fourth-order valence-corrected chi connectivity index (χ4v) is 4.57. The molecule has 3 aliphatic rings. The van der Waals surface area contributed by atoms with E-state index in [1.807, 2.05) is 0 Å². The number of nitrogens with one attached hydrogen (secondary N) is 4. The highest BCUT2D eigenvalue weighted by molar-refractivity contribution is 6.11. The maximum Gasteiger partial charge on any atom is 0.256 e. The smallest absolute Gasteiger partial charge is 0.256 e. The van der Waals surface area contributed by atoms with E-state index in [1.165, 1.54) is 0 Å². The number of para-hydroxylation sites is 1. The minimum atomic E-state index is -0.860. The maximum absolute atomic E-state index is 13.0. The summed E-state index contributed by atoms with van der Waals surface area (Å²) in [4.78, 5) is 64.5. The van der Waals surface area contributed by atoms with E-state index in [2.05, 4.69) is 21.3 Å². The van der Waals surface area contributed by atoms with Crippen LogP contribution in [0, 0.1) is 0 Å². The molecule has 3 heterocycles. The van der Waals surface area contributed by atoms with Crippen molar-refractivity contribution in [3.05, 3.63) is 53.6 Å². The van der Waals surface area contributed by atoms with Crippen LogP contribution in [0.4, 0.5) is 17.1 Å². The van der Waals surface area contributed by atoms with Gasteiger partial charge in [-0.15, -0.1) is 0 Å². The van der Waals surface area contributed by atoms with Crippen LogP contribution in [-0.4, -0.2) is 53.1 Å². The van der Waals surface area contributed by atoms with Gasteiger partial charge in [-0.1, -0.05) is 12.1 Å². The normalized spacial score (nSPS) is 21.2. The molecule has 0 spiro atoms. The molecular weight excluding hydrogens is 438 g/mol. The van der Waals surface area contributed by atoms with Crippen LogP contribution >= 0.6 is 0 Å². The fraction of sp³-hybridized carbons (Fsp3) is 0.292. The van der Waals surface area contributed by atoms with E-state index in [-0.39, 0.29) is 36.5 Å². The molecule has 0 aliphatic carbocycles. The molecule has 34 heavy (non-hydrogen) atoms. The van der Waals surface area contributed by atoms with Crippen LogP contribution in [-0.2, 0) is 14.4 Å². The van der Waals surface area contributed by atoms with Crippen molar-refractivity contribution in [1.29, 1.82) is 0 Å². The molecule has 1 unspecified atom stereocenters. The second kappa shape index (κ2) is 8.62. The van der Waals surface area contributed by atoms with E-state index >= 15 is 0 Å². The van der Waals surface area contributed by atoms with E-state index in [9.17, 15) is 24.0 Å². The highest BCUT2D eigenvalue weighted by Gasteiger charge is 2.38. The van der Waals surface area contributed by atoms with Crippen molar-refractivity contribution in [2.45, 2.75) is 37.8 Å². The topological polar surface area (TPSA) is 137 Å². The first kappa shape index (κ1) is 21.6. The van der Waals surface area contributed by atoms with Gasteiger partial charge in [0.2, 0.25) is 17.7 Å². The Kier molecular flexibility index (Phi) is 5.48. The highest BCUT2D eigenvalue weighted by atomic mass is 16.2. The summed E-state index contributed by atoms with van der Waals surface area (Å²) in [6.45, 7) is 0.520. The van der Waals surface area contributed by atoms with Crippen molar-refractivity contribution in [2.75, 3.05) is 22.5 Å². The standard InChI is InChI=1S/C24H23N5O5/c30-20(10-9-18-22(32)26-16-5-2-1-4-14(16)21(31)28-18)25-13-7-8-17-15(12-13)24(34)29-11-3-6-19(29)23(33)27-17/h1-2,4-5,7-8,12,18-19H,3,6,9-11H2,(H,25,30)(H,26,32)(H,27,33)(H,28,31)/t18?,19-/m0/s1. The molecule has 5 rings (SSSR count).